The highest BCUT2D eigenvalue weighted by atomic mass is 16.5. The number of hydrogen-bond acceptors (Lipinski definition) is 5. The zero-order chi connectivity index (χ0) is 15.9. The van der Waals surface area contributed by atoms with Crippen molar-refractivity contribution in [3.05, 3.63) is 30.3 Å². The minimum atomic E-state index is -1.15. The molecule has 0 aliphatic rings. The number of esters is 1. The molecule has 0 fully saturated rings. The Labute approximate surface area is 125 Å². The maximum Gasteiger partial charge on any atom is 0.308 e. The van der Waals surface area contributed by atoms with Crippen LogP contribution in [0, 0.1) is 0 Å². The molecule has 0 aromatic heterocycles. The van der Waals surface area contributed by atoms with Crippen LogP contribution in [-0.2, 0) is 14.3 Å². The number of likely N-dealkylation sites (N-methyl/N-ethyl adjacent to an activating group) is 1. The molecule has 0 unspecified atom stereocenters. The number of nitrogens with zero attached hydrogens (tertiary/aromatic N) is 1. The minimum Gasteiger partial charge on any atom is -0.469 e. The van der Waals surface area contributed by atoms with Gasteiger partial charge in [-0.25, -0.2) is 0 Å². The van der Waals surface area contributed by atoms with E-state index in [0.29, 0.717) is 19.4 Å². The van der Waals surface area contributed by atoms with Gasteiger partial charge in [0.25, 0.3) is 0 Å². The summed E-state index contributed by atoms with van der Waals surface area (Å²) in [6.07, 6.45) is 0.862. The summed E-state index contributed by atoms with van der Waals surface area (Å²) < 4.78 is 4.72. The van der Waals surface area contributed by atoms with Crippen LogP contribution in [0.25, 0.3) is 0 Å². The van der Waals surface area contributed by atoms with Crippen molar-refractivity contribution >= 4 is 17.6 Å². The van der Waals surface area contributed by atoms with Crippen molar-refractivity contribution in [2.24, 2.45) is 11.5 Å². The van der Waals surface area contributed by atoms with Crippen LogP contribution < -0.4 is 16.4 Å². The van der Waals surface area contributed by atoms with Crippen molar-refractivity contribution in [2.45, 2.75) is 24.8 Å². The van der Waals surface area contributed by atoms with Crippen molar-refractivity contribution in [1.82, 2.24) is 0 Å². The first kappa shape index (κ1) is 17.0. The summed E-state index contributed by atoms with van der Waals surface area (Å²) in [6, 6.07) is 9.32. The first-order valence-electron chi connectivity index (χ1n) is 6.83. The molecular weight excluding hydrogens is 270 g/mol. The van der Waals surface area contributed by atoms with Crippen LogP contribution in [0.1, 0.15) is 19.3 Å². The number of carbonyl (C=O) groups excluding carboxylic acids is 2. The van der Waals surface area contributed by atoms with Crippen LogP contribution >= 0.6 is 0 Å². The highest BCUT2D eigenvalue weighted by Crippen LogP contribution is 2.30. The molecule has 1 rings (SSSR count). The number of methoxy groups -OCH3 is 1. The third-order valence-electron chi connectivity index (χ3n) is 3.70. The monoisotopic (exact) mass is 293 g/mol. The first-order chi connectivity index (χ1) is 9.97. The second-order valence-electron chi connectivity index (χ2n) is 4.94. The molecule has 1 amide bonds. The van der Waals surface area contributed by atoms with Crippen molar-refractivity contribution in [3.8, 4) is 0 Å². The molecule has 0 aliphatic carbocycles. The second kappa shape index (κ2) is 7.64. The Morgan fingerprint density at radius 3 is 2.38 bits per heavy atom. The smallest absolute Gasteiger partial charge is 0.308 e. The summed E-state index contributed by atoms with van der Waals surface area (Å²) in [5.41, 5.74) is 10.8. The number of para-hydroxylation sites is 1. The average molecular weight is 293 g/mol. The van der Waals surface area contributed by atoms with Crippen LogP contribution in [-0.4, -0.2) is 38.1 Å². The van der Waals surface area contributed by atoms with Gasteiger partial charge in [-0.1, -0.05) is 18.2 Å². The molecule has 1 aromatic rings. The predicted octanol–water partition coefficient (Wildman–Crippen LogP) is 0.649. The Balaban J connectivity index is 3.19. The quantitative estimate of drug-likeness (QED) is 0.686. The van der Waals surface area contributed by atoms with E-state index in [0.717, 1.165) is 5.69 Å². The van der Waals surface area contributed by atoms with Crippen LogP contribution in [0.2, 0.25) is 0 Å². The van der Waals surface area contributed by atoms with Gasteiger partial charge in [0.05, 0.1) is 13.5 Å². The number of nitrogens with two attached hydrogens (primary N) is 2. The number of benzene rings is 1. The third-order valence-corrected chi connectivity index (χ3v) is 3.70. The SMILES string of the molecule is COC(=O)C[C@](CCCN)(C(N)=O)N(C)c1ccccc1. The van der Waals surface area contributed by atoms with E-state index in [-0.39, 0.29) is 6.42 Å². The van der Waals surface area contributed by atoms with Gasteiger partial charge in [0.2, 0.25) is 5.91 Å². The average Bonchev–Trinajstić information content (AvgIpc) is 2.51. The number of ether oxygens (including phenoxy) is 1. The fourth-order valence-corrected chi connectivity index (χ4v) is 2.35. The van der Waals surface area contributed by atoms with Crippen molar-refractivity contribution < 1.29 is 14.3 Å². The molecule has 6 heteroatoms. The molecule has 0 saturated heterocycles. The molecule has 0 bridgehead atoms. The molecule has 4 N–H and O–H groups in total. The summed E-state index contributed by atoms with van der Waals surface area (Å²) in [6.45, 7) is 0.416. The highest BCUT2D eigenvalue weighted by Gasteiger charge is 2.42. The van der Waals surface area contributed by atoms with Crippen LogP contribution in [0.4, 0.5) is 5.69 Å². The van der Waals surface area contributed by atoms with E-state index in [2.05, 4.69) is 0 Å². The lowest BCUT2D eigenvalue weighted by atomic mass is 9.86. The Kier molecular flexibility index (Phi) is 6.17. The molecule has 116 valence electrons. The van der Waals surface area contributed by atoms with Crippen molar-refractivity contribution in [2.75, 3.05) is 25.6 Å². The minimum absolute atomic E-state index is 0.107. The Morgan fingerprint density at radius 2 is 1.90 bits per heavy atom. The molecule has 0 aliphatic heterocycles. The molecule has 1 aromatic carbocycles. The van der Waals surface area contributed by atoms with Gasteiger partial charge in [0.15, 0.2) is 0 Å². The second-order valence-corrected chi connectivity index (χ2v) is 4.94. The van der Waals surface area contributed by atoms with Gasteiger partial charge in [0.1, 0.15) is 5.54 Å². The van der Waals surface area contributed by atoms with E-state index >= 15 is 0 Å². The van der Waals surface area contributed by atoms with E-state index in [1.54, 1.807) is 11.9 Å². The number of rotatable bonds is 8. The largest absolute Gasteiger partial charge is 0.469 e. The fourth-order valence-electron chi connectivity index (χ4n) is 2.35. The van der Waals surface area contributed by atoms with Crippen LogP contribution in [0.15, 0.2) is 30.3 Å². The maximum atomic E-state index is 12.1. The molecule has 0 spiro atoms. The highest BCUT2D eigenvalue weighted by molar-refractivity contribution is 5.93. The molecule has 0 saturated carbocycles. The summed E-state index contributed by atoms with van der Waals surface area (Å²) in [5, 5.41) is 0. The van der Waals surface area contributed by atoms with Gasteiger partial charge in [-0.3, -0.25) is 9.59 Å². The molecule has 0 radical (unpaired) electrons. The number of anilines is 1. The standard InChI is InChI=1S/C15H23N3O3/c1-18(12-7-4-3-5-8-12)15(14(17)20,9-6-10-16)11-13(19)21-2/h3-5,7-8H,6,9-11,16H2,1-2H3,(H2,17,20)/t15-/m1/s1. The lowest BCUT2D eigenvalue weighted by molar-refractivity contribution is -0.144. The van der Waals surface area contributed by atoms with Crippen LogP contribution in [0.3, 0.4) is 0 Å². The number of carbonyl (C=O) groups is 2. The molecular formula is C15H23N3O3. The van der Waals surface area contributed by atoms with Gasteiger partial charge < -0.3 is 21.1 Å². The van der Waals surface area contributed by atoms with E-state index in [9.17, 15) is 9.59 Å². The maximum absolute atomic E-state index is 12.1. The molecule has 21 heavy (non-hydrogen) atoms. The van der Waals surface area contributed by atoms with E-state index in [1.165, 1.54) is 7.11 Å². The van der Waals surface area contributed by atoms with Gasteiger partial charge in [-0.15, -0.1) is 0 Å². The lowest BCUT2D eigenvalue weighted by Gasteiger charge is -2.40. The molecule has 1 atom stereocenters. The molecule has 0 heterocycles. The third kappa shape index (κ3) is 3.95. The predicted molar refractivity (Wildman–Crippen MR) is 81.7 cm³/mol. The van der Waals surface area contributed by atoms with Crippen LogP contribution in [0.5, 0.6) is 0 Å². The zero-order valence-electron chi connectivity index (χ0n) is 12.5. The number of primary amides is 1. The van der Waals surface area contributed by atoms with Gasteiger partial charge in [-0.05, 0) is 31.5 Å². The van der Waals surface area contributed by atoms with E-state index in [4.69, 9.17) is 16.2 Å². The van der Waals surface area contributed by atoms with E-state index < -0.39 is 17.4 Å². The summed E-state index contributed by atoms with van der Waals surface area (Å²) in [7, 11) is 3.04. The first-order valence-corrected chi connectivity index (χ1v) is 6.83. The van der Waals surface area contributed by atoms with Gasteiger partial charge >= 0.3 is 5.97 Å². The van der Waals surface area contributed by atoms with Gasteiger partial charge in [0, 0.05) is 12.7 Å². The van der Waals surface area contributed by atoms with Crippen molar-refractivity contribution in [3.63, 3.8) is 0 Å². The van der Waals surface area contributed by atoms with E-state index in [1.807, 2.05) is 30.3 Å². The normalized spacial score (nSPS) is 13.3. The van der Waals surface area contributed by atoms with Gasteiger partial charge in [-0.2, -0.15) is 0 Å². The Hall–Kier alpha value is -2.08. The fraction of sp³-hybridized carbons (Fsp3) is 0.467. The van der Waals surface area contributed by atoms with Crippen molar-refractivity contribution in [1.29, 1.82) is 0 Å². The zero-order valence-corrected chi connectivity index (χ0v) is 12.5. The Bertz CT molecular complexity index is 478. The lowest BCUT2D eigenvalue weighted by Crippen LogP contribution is -2.58. The summed E-state index contributed by atoms with van der Waals surface area (Å²) in [5.74, 6) is -1.04. The summed E-state index contributed by atoms with van der Waals surface area (Å²) >= 11 is 0. The summed E-state index contributed by atoms with van der Waals surface area (Å²) in [4.78, 5) is 25.6. The Morgan fingerprint density at radius 1 is 1.29 bits per heavy atom. The number of hydrogen-bond donors (Lipinski definition) is 2. The molecule has 6 nitrogen and oxygen atoms in total. The topological polar surface area (TPSA) is 98.6 Å². The number of amides is 1.